The Morgan fingerprint density at radius 1 is 0.810 bits per heavy atom. The molecule has 0 spiro atoms. The van der Waals surface area contributed by atoms with Crippen molar-refractivity contribution in [3.8, 4) is 22.4 Å². The van der Waals surface area contributed by atoms with Crippen LogP contribution in [-0.2, 0) is 0 Å². The van der Waals surface area contributed by atoms with Crippen molar-refractivity contribution in [1.29, 1.82) is 0 Å². The fraction of sp³-hybridized carbons (Fsp3) is 0.0526. The van der Waals surface area contributed by atoms with Gasteiger partial charge in [-0.1, -0.05) is 36.4 Å². The normalized spacial score (nSPS) is 12.0. The first kappa shape index (κ1) is 11.0. The molecule has 0 N–H and O–H groups in total. The molecule has 0 radical (unpaired) electrons. The fourth-order valence-electron chi connectivity index (χ4n) is 3.41. The van der Waals surface area contributed by atoms with Gasteiger partial charge < -0.3 is 0 Å². The molecule has 0 atom stereocenters. The van der Waals surface area contributed by atoms with E-state index in [9.17, 15) is 0 Å². The summed E-state index contributed by atoms with van der Waals surface area (Å²) >= 11 is 0. The zero-order valence-corrected chi connectivity index (χ0v) is 11.7. The molecule has 0 fully saturated rings. The molecule has 0 amide bonds. The summed E-state index contributed by atoms with van der Waals surface area (Å²) in [4.78, 5) is 0. The predicted octanol–water partition coefficient (Wildman–Crippen LogP) is 3.93. The minimum atomic E-state index is 1.09. The van der Waals surface area contributed by atoms with Gasteiger partial charge in [-0.2, -0.15) is 0 Å². The number of aryl methyl sites for hydroxylation is 1. The number of fused-ring (bicyclic) bond motifs is 4. The van der Waals surface area contributed by atoms with Gasteiger partial charge in [0.05, 0.1) is 0 Å². The second-order valence-corrected chi connectivity index (χ2v) is 5.62. The largest absolute Gasteiger partial charge is 0.239 e. The minimum Gasteiger partial charge on any atom is -0.0610 e. The molecular formula is C19H13N2+. The smallest absolute Gasteiger partial charge is 0.0610 e. The number of benzene rings is 2. The van der Waals surface area contributed by atoms with Crippen LogP contribution in [0.1, 0.15) is 5.69 Å². The van der Waals surface area contributed by atoms with Crippen molar-refractivity contribution in [2.45, 2.75) is 6.92 Å². The molecule has 0 unspecified atom stereocenters. The third-order valence-electron chi connectivity index (χ3n) is 4.38. The fourth-order valence-corrected chi connectivity index (χ4v) is 3.41. The van der Waals surface area contributed by atoms with Crippen LogP contribution in [0.15, 0.2) is 60.7 Å². The van der Waals surface area contributed by atoms with Crippen molar-refractivity contribution in [3.05, 3.63) is 66.4 Å². The summed E-state index contributed by atoms with van der Waals surface area (Å²) in [7, 11) is 0. The van der Waals surface area contributed by atoms with Crippen LogP contribution in [-0.4, -0.2) is 5.10 Å². The van der Waals surface area contributed by atoms with Gasteiger partial charge >= 0.3 is 0 Å². The lowest BCUT2D eigenvalue weighted by molar-refractivity contribution is -0.586. The topological polar surface area (TPSA) is 17.0 Å². The van der Waals surface area contributed by atoms with Crippen LogP contribution in [0.4, 0.5) is 0 Å². The van der Waals surface area contributed by atoms with E-state index in [0.29, 0.717) is 0 Å². The maximum atomic E-state index is 4.91. The molecule has 0 saturated carbocycles. The van der Waals surface area contributed by atoms with E-state index in [1.54, 1.807) is 0 Å². The summed E-state index contributed by atoms with van der Waals surface area (Å²) in [5.41, 5.74) is 7.17. The van der Waals surface area contributed by atoms with Gasteiger partial charge in [0.25, 0.3) is 0 Å². The number of rotatable bonds is 0. The maximum Gasteiger partial charge on any atom is 0.239 e. The molecular weight excluding hydrogens is 256 g/mol. The molecule has 0 saturated heterocycles. The lowest BCUT2D eigenvalue weighted by Crippen LogP contribution is -2.30. The van der Waals surface area contributed by atoms with Crippen LogP contribution in [0, 0.1) is 6.92 Å². The molecule has 1 aliphatic rings. The third kappa shape index (κ3) is 1.32. The van der Waals surface area contributed by atoms with Crippen LogP contribution in [0.5, 0.6) is 0 Å². The van der Waals surface area contributed by atoms with E-state index in [1.807, 2.05) is 4.52 Å². The second kappa shape index (κ2) is 3.67. The molecule has 0 bridgehead atoms. The molecule has 2 heterocycles. The zero-order valence-electron chi connectivity index (χ0n) is 11.7. The van der Waals surface area contributed by atoms with Gasteiger partial charge in [0.15, 0.2) is 0 Å². The lowest BCUT2D eigenvalue weighted by Gasteiger charge is -2.00. The highest BCUT2D eigenvalue weighted by Crippen LogP contribution is 2.45. The van der Waals surface area contributed by atoms with Crippen LogP contribution in [0.2, 0.25) is 0 Å². The Hall–Kier alpha value is -2.74. The first-order valence-corrected chi connectivity index (χ1v) is 7.18. The molecule has 2 nitrogen and oxygen atoms in total. The Labute approximate surface area is 122 Å². The van der Waals surface area contributed by atoms with Crippen LogP contribution < -0.4 is 4.52 Å². The number of aromatic nitrogens is 2. The molecule has 1 aliphatic carbocycles. The SMILES string of the molecule is Cc1cccc2cc3c(n[n+]12)-c1cccc2cccc-3c12. The van der Waals surface area contributed by atoms with Gasteiger partial charge in [0.1, 0.15) is 5.69 Å². The van der Waals surface area contributed by atoms with Crippen LogP contribution in [0.25, 0.3) is 38.7 Å². The average molecular weight is 269 g/mol. The summed E-state index contributed by atoms with van der Waals surface area (Å²) in [6, 6.07) is 21.5. The van der Waals surface area contributed by atoms with Crippen molar-refractivity contribution in [3.63, 3.8) is 0 Å². The van der Waals surface area contributed by atoms with Gasteiger partial charge in [0, 0.05) is 41.3 Å². The van der Waals surface area contributed by atoms with Gasteiger partial charge in [-0.05, 0) is 26.9 Å². The molecule has 98 valence electrons. The number of hydrogen-bond donors (Lipinski definition) is 0. The van der Waals surface area contributed by atoms with Gasteiger partial charge in [-0.25, -0.2) is 0 Å². The minimum absolute atomic E-state index is 1.09. The first-order chi connectivity index (χ1) is 10.3. The summed E-state index contributed by atoms with van der Waals surface area (Å²) in [5.74, 6) is 0. The summed E-state index contributed by atoms with van der Waals surface area (Å²) in [6.07, 6.45) is 0. The Balaban J connectivity index is 2.01. The van der Waals surface area contributed by atoms with E-state index in [4.69, 9.17) is 5.10 Å². The van der Waals surface area contributed by atoms with Gasteiger partial charge in [0.2, 0.25) is 11.2 Å². The van der Waals surface area contributed by atoms with E-state index < -0.39 is 0 Å². The van der Waals surface area contributed by atoms with E-state index in [-0.39, 0.29) is 0 Å². The molecule has 5 rings (SSSR count). The zero-order chi connectivity index (χ0) is 14.0. The van der Waals surface area contributed by atoms with E-state index in [0.717, 1.165) is 16.9 Å². The first-order valence-electron chi connectivity index (χ1n) is 7.18. The molecule has 2 aromatic heterocycles. The molecule has 4 aromatic rings. The standard InChI is InChI=1S/C19H13N2/c1-12-5-2-8-14-11-17-15-9-3-6-13-7-4-10-16(18(13)15)19(17)20-21(12)14/h2-11H,1H3/q+1. The predicted molar refractivity (Wildman–Crippen MR) is 84.1 cm³/mol. The molecule has 21 heavy (non-hydrogen) atoms. The molecule has 2 heteroatoms. The number of pyridine rings is 1. The number of nitrogens with zero attached hydrogens (tertiary/aromatic N) is 2. The number of hydrogen-bond acceptors (Lipinski definition) is 1. The highest BCUT2D eigenvalue weighted by Gasteiger charge is 2.26. The lowest BCUT2D eigenvalue weighted by atomic mass is 10.0. The third-order valence-corrected chi connectivity index (χ3v) is 4.38. The van der Waals surface area contributed by atoms with Crippen molar-refractivity contribution in [2.24, 2.45) is 0 Å². The van der Waals surface area contributed by atoms with Crippen molar-refractivity contribution >= 4 is 16.3 Å². The molecule has 2 aromatic carbocycles. The monoisotopic (exact) mass is 269 g/mol. The summed E-state index contributed by atoms with van der Waals surface area (Å²) in [5, 5.41) is 7.53. The van der Waals surface area contributed by atoms with Crippen LogP contribution in [0.3, 0.4) is 0 Å². The Morgan fingerprint density at radius 2 is 1.57 bits per heavy atom. The van der Waals surface area contributed by atoms with Gasteiger partial charge in [-0.3, -0.25) is 0 Å². The highest BCUT2D eigenvalue weighted by atomic mass is 15.2. The average Bonchev–Trinajstić information content (AvgIpc) is 2.83. The summed E-state index contributed by atoms with van der Waals surface area (Å²) in [6.45, 7) is 2.09. The van der Waals surface area contributed by atoms with E-state index in [2.05, 4.69) is 67.6 Å². The Bertz CT molecular complexity index is 1040. The maximum absolute atomic E-state index is 4.91. The van der Waals surface area contributed by atoms with E-state index >= 15 is 0 Å². The summed E-state index contributed by atoms with van der Waals surface area (Å²) < 4.78 is 2.03. The Morgan fingerprint density at radius 3 is 2.43 bits per heavy atom. The quantitative estimate of drug-likeness (QED) is 0.389. The van der Waals surface area contributed by atoms with E-state index in [1.165, 1.54) is 27.5 Å². The van der Waals surface area contributed by atoms with Crippen molar-refractivity contribution in [1.82, 2.24) is 5.10 Å². The second-order valence-electron chi connectivity index (χ2n) is 5.62. The highest BCUT2D eigenvalue weighted by molar-refractivity contribution is 6.14. The molecule has 0 aliphatic heterocycles. The van der Waals surface area contributed by atoms with Crippen molar-refractivity contribution in [2.75, 3.05) is 0 Å². The van der Waals surface area contributed by atoms with Crippen LogP contribution >= 0.6 is 0 Å². The van der Waals surface area contributed by atoms with Crippen molar-refractivity contribution < 1.29 is 4.52 Å². The van der Waals surface area contributed by atoms with Gasteiger partial charge in [-0.15, -0.1) is 0 Å². The Kier molecular flexibility index (Phi) is 1.92.